The minimum absolute atomic E-state index is 0.0739. The van der Waals surface area contributed by atoms with Crippen molar-refractivity contribution in [2.75, 3.05) is 6.61 Å². The Morgan fingerprint density at radius 1 is 1.04 bits per heavy atom. The highest BCUT2D eigenvalue weighted by atomic mass is 35.5. The van der Waals surface area contributed by atoms with Crippen LogP contribution >= 0.6 is 11.6 Å². The quantitative estimate of drug-likeness (QED) is 0.118. The minimum Gasteiger partial charge on any atom is -0.463 e. The number of amides is 1. The highest BCUT2D eigenvalue weighted by molar-refractivity contribution is 6.33. The van der Waals surface area contributed by atoms with E-state index in [1.54, 1.807) is 36.4 Å². The van der Waals surface area contributed by atoms with Gasteiger partial charge in [-0.2, -0.15) is 27.3 Å². The lowest BCUT2D eigenvalue weighted by Gasteiger charge is -2.35. The molecule has 2 aromatic carbocycles. The topological polar surface area (TPSA) is 134 Å². The second-order valence-corrected chi connectivity index (χ2v) is 15.0. The van der Waals surface area contributed by atoms with E-state index in [0.29, 0.717) is 31.6 Å². The van der Waals surface area contributed by atoms with Crippen LogP contribution in [0.1, 0.15) is 83.6 Å². The molecular weight excluding hydrogens is 692 g/mol. The van der Waals surface area contributed by atoms with Crippen LogP contribution in [0.4, 0.5) is 17.6 Å². The number of alkyl halides is 4. The number of hydrogen-bond acceptors (Lipinski definition) is 8. The number of nitrogens with zero attached hydrogens (tertiary/aromatic N) is 7. The summed E-state index contributed by atoms with van der Waals surface area (Å²) in [4.78, 5) is 38.0. The summed E-state index contributed by atoms with van der Waals surface area (Å²) in [5.41, 5.74) is 6.72. The molecule has 270 valence electrons. The van der Waals surface area contributed by atoms with Crippen LogP contribution < -0.4 is 5.73 Å². The summed E-state index contributed by atoms with van der Waals surface area (Å²) in [6, 6.07) is 10.5. The highest BCUT2D eigenvalue weighted by Crippen LogP contribution is 2.49. The molecule has 0 bridgehead atoms. The predicted molar refractivity (Wildman–Crippen MR) is 181 cm³/mol. The van der Waals surface area contributed by atoms with Crippen LogP contribution in [0.15, 0.2) is 66.2 Å². The Labute approximate surface area is 296 Å². The zero-order valence-electron chi connectivity index (χ0n) is 28.4. The second-order valence-electron chi connectivity index (χ2n) is 14.6. The molecule has 1 fully saturated rings. The molecule has 0 unspecified atom stereocenters. The summed E-state index contributed by atoms with van der Waals surface area (Å²) in [6.07, 6.45) is 5.67. The third-order valence-corrected chi connectivity index (χ3v) is 9.45. The number of rotatable bonds is 12. The summed E-state index contributed by atoms with van der Waals surface area (Å²) >= 11 is 6.49. The lowest BCUT2D eigenvalue weighted by molar-refractivity contribution is -0.148. The third kappa shape index (κ3) is 7.48. The molecule has 11 nitrogen and oxygen atoms in total. The number of carbonyl (C=O) groups is 2. The highest BCUT2D eigenvalue weighted by Gasteiger charge is 2.53. The first-order valence-electron chi connectivity index (χ1n) is 16.3. The predicted octanol–water partition coefficient (Wildman–Crippen LogP) is 7.52. The van der Waals surface area contributed by atoms with Gasteiger partial charge in [-0.1, -0.05) is 69.6 Å². The fraction of sp³-hybridized carbons (Fsp3) is 0.429. The van der Waals surface area contributed by atoms with Gasteiger partial charge in [0.15, 0.2) is 17.3 Å². The van der Waals surface area contributed by atoms with E-state index >= 15 is 0 Å². The number of halogens is 5. The van der Waals surface area contributed by atoms with Gasteiger partial charge in [0, 0.05) is 17.3 Å². The lowest BCUT2D eigenvalue weighted by Crippen LogP contribution is -2.47. The van der Waals surface area contributed by atoms with Gasteiger partial charge < -0.3 is 10.5 Å². The Hall–Kier alpha value is -4.79. The van der Waals surface area contributed by atoms with Crippen LogP contribution in [0.2, 0.25) is 5.02 Å². The van der Waals surface area contributed by atoms with Gasteiger partial charge in [-0.15, -0.1) is 5.10 Å². The van der Waals surface area contributed by atoms with E-state index in [1.165, 1.54) is 23.4 Å². The molecular formula is C35H37ClF4N8O3. The summed E-state index contributed by atoms with van der Waals surface area (Å²) in [5, 5.41) is 7.72. The van der Waals surface area contributed by atoms with Crippen LogP contribution in [0.25, 0.3) is 22.5 Å². The van der Waals surface area contributed by atoms with Crippen molar-refractivity contribution < 1.29 is 31.9 Å². The second kappa shape index (κ2) is 13.4. The van der Waals surface area contributed by atoms with Crippen molar-refractivity contribution in [3.8, 4) is 22.5 Å². The minimum atomic E-state index is -2.92. The van der Waals surface area contributed by atoms with Crippen molar-refractivity contribution in [3.05, 3.63) is 77.3 Å². The van der Waals surface area contributed by atoms with Crippen LogP contribution in [0.5, 0.6) is 0 Å². The third-order valence-electron chi connectivity index (χ3n) is 9.12. The van der Waals surface area contributed by atoms with Gasteiger partial charge in [0.2, 0.25) is 0 Å². The number of aliphatic imine (C=N–C) groups is 1. The van der Waals surface area contributed by atoms with Crippen LogP contribution in [0.3, 0.4) is 0 Å². The fourth-order valence-corrected chi connectivity index (χ4v) is 6.50. The number of ether oxygens (including phenoxy) is 1. The molecule has 0 radical (unpaired) electrons. The van der Waals surface area contributed by atoms with E-state index in [-0.39, 0.29) is 47.2 Å². The van der Waals surface area contributed by atoms with E-state index in [4.69, 9.17) is 27.1 Å². The largest absolute Gasteiger partial charge is 0.463 e. The molecule has 51 heavy (non-hydrogen) atoms. The SMILES string of the molecule is CC(C)(C)C[C@]1(c2ccc(-c3cnn(C(F)F)c3)cc2)N=C(N)N([C@H](COC(=O)CC2(C)CC2)c2ccc(Cl)c(-c3ncn(C(F)F)n3)c2)C1=O. The normalized spacial score (nSPS) is 19.2. The molecule has 6 rings (SSSR count). The van der Waals surface area contributed by atoms with E-state index in [1.807, 2.05) is 27.7 Å². The van der Waals surface area contributed by atoms with Gasteiger partial charge in [0.05, 0.1) is 23.7 Å². The first-order valence-corrected chi connectivity index (χ1v) is 16.6. The number of guanidine groups is 1. The number of esters is 1. The fourth-order valence-electron chi connectivity index (χ4n) is 6.30. The number of benzene rings is 2. The van der Waals surface area contributed by atoms with Crippen molar-refractivity contribution in [1.29, 1.82) is 0 Å². The summed E-state index contributed by atoms with van der Waals surface area (Å²) in [5.74, 6) is -1.13. The molecule has 1 aliphatic heterocycles. The molecule has 4 aromatic rings. The number of aromatic nitrogens is 5. The van der Waals surface area contributed by atoms with E-state index in [9.17, 15) is 27.2 Å². The Kier molecular flexibility index (Phi) is 9.46. The maximum Gasteiger partial charge on any atom is 0.334 e. The summed E-state index contributed by atoms with van der Waals surface area (Å²) in [7, 11) is 0. The van der Waals surface area contributed by atoms with Gasteiger partial charge in [-0.3, -0.25) is 14.5 Å². The van der Waals surface area contributed by atoms with Gasteiger partial charge in [0.25, 0.3) is 5.91 Å². The molecule has 2 aromatic heterocycles. The summed E-state index contributed by atoms with van der Waals surface area (Å²) in [6.45, 7) is 1.85. The van der Waals surface area contributed by atoms with E-state index < -0.39 is 42.0 Å². The standard InChI is InChI=1S/C35H37ClF4N8O3/c1-33(2,3)18-35(23-8-5-20(6-9-23)22-15-43-46(16-22)30(37)38)29(50)48(32(41)44-35)26(17-51-27(49)14-34(4)11-12-34)21-7-10-25(36)24(13-21)28-42-19-47(45-28)31(39)40/h5-10,13,15-16,19,26,30-31H,11-12,14,17-18H2,1-4H3,(H2,41,44)/t26-,35-/m1/s1. The van der Waals surface area contributed by atoms with E-state index in [0.717, 1.165) is 19.2 Å². The zero-order valence-corrected chi connectivity index (χ0v) is 29.1. The molecule has 3 heterocycles. The van der Waals surface area contributed by atoms with Crippen LogP contribution in [-0.4, -0.2) is 53.9 Å². The smallest absolute Gasteiger partial charge is 0.334 e. The maximum atomic E-state index is 14.9. The van der Waals surface area contributed by atoms with Crippen molar-refractivity contribution >= 4 is 29.4 Å². The molecule has 1 amide bonds. The first-order chi connectivity index (χ1) is 24.0. The van der Waals surface area contributed by atoms with Crippen molar-refractivity contribution in [2.45, 2.75) is 78.1 Å². The number of carbonyl (C=O) groups excluding carboxylic acids is 2. The maximum absolute atomic E-state index is 14.9. The van der Waals surface area contributed by atoms with Crippen molar-refractivity contribution in [3.63, 3.8) is 0 Å². The van der Waals surface area contributed by atoms with Gasteiger partial charge in [-0.25, -0.2) is 14.7 Å². The first kappa shape index (κ1) is 36.0. The van der Waals surface area contributed by atoms with Gasteiger partial charge in [-0.05, 0) is 58.9 Å². The Balaban J connectivity index is 1.39. The average Bonchev–Trinajstić information content (AvgIpc) is 3.43. The number of nitrogens with two attached hydrogens (primary N) is 1. The molecule has 1 saturated carbocycles. The molecule has 0 spiro atoms. The average molecular weight is 729 g/mol. The Morgan fingerprint density at radius 2 is 1.73 bits per heavy atom. The molecule has 0 saturated heterocycles. The summed E-state index contributed by atoms with van der Waals surface area (Å²) < 4.78 is 59.7. The molecule has 2 N–H and O–H groups in total. The van der Waals surface area contributed by atoms with E-state index in [2.05, 4.69) is 15.2 Å². The van der Waals surface area contributed by atoms with Gasteiger partial charge in [0.1, 0.15) is 12.9 Å². The molecule has 2 aliphatic rings. The molecule has 1 aliphatic carbocycles. The van der Waals surface area contributed by atoms with Crippen molar-refractivity contribution in [2.24, 2.45) is 21.6 Å². The molecule has 2 atom stereocenters. The zero-order chi connectivity index (χ0) is 36.9. The number of hydrogen-bond donors (Lipinski definition) is 1. The van der Waals surface area contributed by atoms with Crippen molar-refractivity contribution in [1.82, 2.24) is 29.4 Å². The van der Waals surface area contributed by atoms with Crippen LogP contribution in [0, 0.1) is 10.8 Å². The van der Waals surface area contributed by atoms with Gasteiger partial charge >= 0.3 is 19.1 Å². The lowest BCUT2D eigenvalue weighted by atomic mass is 9.75. The Bertz CT molecular complexity index is 1970. The Morgan fingerprint density at radius 3 is 2.31 bits per heavy atom. The van der Waals surface area contributed by atoms with Crippen LogP contribution in [-0.2, 0) is 19.9 Å². The monoisotopic (exact) mass is 728 g/mol. The molecule has 16 heteroatoms.